The Labute approximate surface area is 94.8 Å². The van der Waals surface area contributed by atoms with Crippen molar-refractivity contribution in [1.29, 1.82) is 0 Å². The average molecular weight is 214 g/mol. The highest BCUT2D eigenvalue weighted by atomic mass is 15.1. The number of hydrogen-bond donors (Lipinski definition) is 1. The number of anilines is 1. The van der Waals surface area contributed by atoms with Gasteiger partial charge in [-0.1, -0.05) is 0 Å². The highest BCUT2D eigenvalue weighted by molar-refractivity contribution is 5.30. The summed E-state index contributed by atoms with van der Waals surface area (Å²) < 4.78 is 0. The van der Waals surface area contributed by atoms with Gasteiger partial charge in [-0.15, -0.1) is 0 Å². The van der Waals surface area contributed by atoms with Crippen LogP contribution < -0.4 is 5.32 Å². The first-order valence-electron chi connectivity index (χ1n) is 5.21. The van der Waals surface area contributed by atoms with Gasteiger partial charge in [0.2, 0.25) is 5.95 Å². The predicted molar refractivity (Wildman–Crippen MR) is 63.0 cm³/mol. The fourth-order valence-electron chi connectivity index (χ4n) is 1.40. The van der Waals surface area contributed by atoms with Crippen LogP contribution in [0.3, 0.4) is 0 Å². The lowest BCUT2D eigenvalue weighted by atomic mass is 10.1. The topological polar surface area (TPSA) is 50.7 Å². The zero-order valence-corrected chi connectivity index (χ0v) is 9.38. The largest absolute Gasteiger partial charge is 0.348 e. The van der Waals surface area contributed by atoms with E-state index in [1.165, 1.54) is 5.56 Å². The molecule has 2 aromatic heterocycles. The second kappa shape index (κ2) is 4.70. The molecule has 4 nitrogen and oxygen atoms in total. The number of nitrogens with zero attached hydrogens (tertiary/aromatic N) is 3. The molecular formula is C12H14N4. The number of aryl methyl sites for hydroxylation is 1. The van der Waals surface area contributed by atoms with Crippen molar-refractivity contribution in [3.8, 4) is 0 Å². The molecule has 2 rings (SSSR count). The first-order chi connectivity index (χ1) is 7.75. The maximum Gasteiger partial charge on any atom is 0.223 e. The highest BCUT2D eigenvalue weighted by Gasteiger charge is 2.05. The Morgan fingerprint density at radius 1 is 1.12 bits per heavy atom. The predicted octanol–water partition coefficient (Wildman–Crippen LogP) is 2.35. The highest BCUT2D eigenvalue weighted by Crippen LogP contribution is 2.14. The van der Waals surface area contributed by atoms with Crippen LogP contribution >= 0.6 is 0 Å². The summed E-state index contributed by atoms with van der Waals surface area (Å²) in [7, 11) is 0. The van der Waals surface area contributed by atoms with Gasteiger partial charge in [0.25, 0.3) is 0 Å². The van der Waals surface area contributed by atoms with Gasteiger partial charge in [-0.05, 0) is 37.1 Å². The van der Waals surface area contributed by atoms with Crippen molar-refractivity contribution < 1.29 is 0 Å². The lowest BCUT2D eigenvalue weighted by Crippen LogP contribution is -2.09. The van der Waals surface area contributed by atoms with Gasteiger partial charge < -0.3 is 5.32 Å². The minimum Gasteiger partial charge on any atom is -0.348 e. The van der Waals surface area contributed by atoms with Crippen LogP contribution in [0, 0.1) is 6.92 Å². The van der Waals surface area contributed by atoms with Crippen LogP contribution in [0.5, 0.6) is 0 Å². The van der Waals surface area contributed by atoms with Gasteiger partial charge in [0.05, 0.1) is 6.04 Å². The lowest BCUT2D eigenvalue weighted by molar-refractivity contribution is 0.856. The van der Waals surface area contributed by atoms with Crippen LogP contribution in [0.2, 0.25) is 0 Å². The van der Waals surface area contributed by atoms with E-state index in [0.717, 1.165) is 5.56 Å². The molecule has 2 heterocycles. The molecule has 16 heavy (non-hydrogen) atoms. The quantitative estimate of drug-likeness (QED) is 0.852. The summed E-state index contributed by atoms with van der Waals surface area (Å²) in [6.45, 7) is 4.04. The average Bonchev–Trinajstić information content (AvgIpc) is 2.33. The van der Waals surface area contributed by atoms with E-state index < -0.39 is 0 Å². The fraction of sp³-hybridized carbons (Fsp3) is 0.250. The van der Waals surface area contributed by atoms with Crippen molar-refractivity contribution in [2.75, 3.05) is 5.32 Å². The molecule has 0 spiro atoms. The fourth-order valence-corrected chi connectivity index (χ4v) is 1.40. The molecule has 1 unspecified atom stereocenters. The minimum absolute atomic E-state index is 0.172. The van der Waals surface area contributed by atoms with Gasteiger partial charge in [-0.2, -0.15) is 0 Å². The maximum absolute atomic E-state index is 4.21. The minimum atomic E-state index is 0.172. The van der Waals surface area contributed by atoms with Crippen molar-refractivity contribution >= 4 is 5.95 Å². The Morgan fingerprint density at radius 3 is 2.38 bits per heavy atom. The van der Waals surface area contributed by atoms with Crippen LogP contribution in [-0.4, -0.2) is 15.0 Å². The zero-order valence-electron chi connectivity index (χ0n) is 9.38. The van der Waals surface area contributed by atoms with Gasteiger partial charge in [0, 0.05) is 24.8 Å². The molecule has 0 amide bonds. The second-order valence-electron chi connectivity index (χ2n) is 3.73. The van der Waals surface area contributed by atoms with E-state index in [2.05, 4.69) is 27.2 Å². The van der Waals surface area contributed by atoms with E-state index in [0.29, 0.717) is 5.95 Å². The van der Waals surface area contributed by atoms with Crippen LogP contribution in [0.15, 0.2) is 36.9 Å². The van der Waals surface area contributed by atoms with Crippen LogP contribution in [0.1, 0.15) is 24.1 Å². The molecule has 0 saturated heterocycles. The number of rotatable bonds is 3. The van der Waals surface area contributed by atoms with Gasteiger partial charge >= 0.3 is 0 Å². The van der Waals surface area contributed by atoms with Crippen molar-refractivity contribution in [3.63, 3.8) is 0 Å². The molecule has 0 aliphatic heterocycles. The molecular weight excluding hydrogens is 200 g/mol. The van der Waals surface area contributed by atoms with Crippen molar-refractivity contribution in [3.05, 3.63) is 48.0 Å². The van der Waals surface area contributed by atoms with Gasteiger partial charge in [-0.3, -0.25) is 4.98 Å². The van der Waals surface area contributed by atoms with Crippen LogP contribution in [0.25, 0.3) is 0 Å². The Morgan fingerprint density at radius 2 is 1.75 bits per heavy atom. The first kappa shape index (κ1) is 10.5. The first-order valence-corrected chi connectivity index (χ1v) is 5.21. The van der Waals surface area contributed by atoms with Crippen molar-refractivity contribution in [2.45, 2.75) is 19.9 Å². The molecule has 0 saturated carbocycles. The molecule has 1 N–H and O–H groups in total. The third-order valence-electron chi connectivity index (χ3n) is 2.33. The smallest absolute Gasteiger partial charge is 0.223 e. The third kappa shape index (κ3) is 2.53. The van der Waals surface area contributed by atoms with E-state index in [1.807, 2.05) is 19.1 Å². The lowest BCUT2D eigenvalue weighted by Gasteiger charge is -2.13. The summed E-state index contributed by atoms with van der Waals surface area (Å²) in [5.41, 5.74) is 2.22. The zero-order chi connectivity index (χ0) is 11.4. The molecule has 0 aromatic carbocycles. The molecule has 0 radical (unpaired) electrons. The summed E-state index contributed by atoms with van der Waals surface area (Å²) in [5, 5.41) is 3.24. The second-order valence-corrected chi connectivity index (χ2v) is 3.73. The Hall–Kier alpha value is -1.97. The molecule has 0 fully saturated rings. The van der Waals surface area contributed by atoms with Gasteiger partial charge in [0.1, 0.15) is 0 Å². The summed E-state index contributed by atoms with van der Waals surface area (Å²) in [6, 6.07) is 4.13. The standard InChI is InChI=1S/C12H14N4/c1-9-7-14-12(15-8-9)16-10(2)11-3-5-13-6-4-11/h3-8,10H,1-2H3,(H,14,15,16). The number of hydrogen-bond acceptors (Lipinski definition) is 4. The van der Waals surface area contributed by atoms with Gasteiger partial charge in [0.15, 0.2) is 0 Å². The summed E-state index contributed by atoms with van der Waals surface area (Å²) >= 11 is 0. The van der Waals surface area contributed by atoms with Crippen LogP contribution in [-0.2, 0) is 0 Å². The normalized spacial score (nSPS) is 12.1. The monoisotopic (exact) mass is 214 g/mol. The van der Waals surface area contributed by atoms with E-state index >= 15 is 0 Å². The number of pyridine rings is 1. The molecule has 0 aliphatic rings. The van der Waals surface area contributed by atoms with Gasteiger partial charge in [-0.25, -0.2) is 9.97 Å². The summed E-state index contributed by atoms with van der Waals surface area (Å²) in [6.07, 6.45) is 7.16. The summed E-state index contributed by atoms with van der Waals surface area (Å²) in [5.74, 6) is 0.648. The Bertz CT molecular complexity index is 438. The summed E-state index contributed by atoms with van der Waals surface area (Å²) in [4.78, 5) is 12.4. The van der Waals surface area contributed by atoms with E-state index in [-0.39, 0.29) is 6.04 Å². The molecule has 2 aromatic rings. The molecule has 4 heteroatoms. The van der Waals surface area contributed by atoms with E-state index in [4.69, 9.17) is 0 Å². The van der Waals surface area contributed by atoms with Crippen LogP contribution in [0.4, 0.5) is 5.95 Å². The maximum atomic E-state index is 4.21. The third-order valence-corrected chi connectivity index (χ3v) is 2.33. The van der Waals surface area contributed by atoms with E-state index in [9.17, 15) is 0 Å². The SMILES string of the molecule is Cc1cnc(NC(C)c2ccncc2)nc1. The Balaban J connectivity index is 2.08. The molecule has 82 valence electrons. The number of nitrogens with one attached hydrogen (secondary N) is 1. The molecule has 1 atom stereocenters. The van der Waals surface area contributed by atoms with Crippen molar-refractivity contribution in [1.82, 2.24) is 15.0 Å². The molecule has 0 aliphatic carbocycles. The van der Waals surface area contributed by atoms with Crippen molar-refractivity contribution in [2.24, 2.45) is 0 Å². The number of aromatic nitrogens is 3. The Kier molecular flexibility index (Phi) is 3.10. The molecule has 0 bridgehead atoms. The van der Waals surface area contributed by atoms with E-state index in [1.54, 1.807) is 24.8 Å².